The minimum absolute atomic E-state index is 0.0424. The highest BCUT2D eigenvalue weighted by atomic mass is 32.2. The number of benzene rings is 1. The first kappa shape index (κ1) is 19.0. The summed E-state index contributed by atoms with van der Waals surface area (Å²) in [4.78, 5) is 28.4. The summed E-state index contributed by atoms with van der Waals surface area (Å²) in [6, 6.07) is 11.1. The number of nitrogens with two attached hydrogens (primary N) is 1. The Morgan fingerprint density at radius 1 is 1.04 bits per heavy atom. The van der Waals surface area contributed by atoms with Crippen LogP contribution in [0.3, 0.4) is 0 Å². The number of hydrogen-bond acceptors (Lipinski definition) is 5. The van der Waals surface area contributed by atoms with Crippen LogP contribution in [0.5, 0.6) is 0 Å². The summed E-state index contributed by atoms with van der Waals surface area (Å²) in [5.41, 5.74) is 1.24. The highest BCUT2D eigenvalue weighted by Crippen LogP contribution is 2.19. The molecule has 2 aromatic rings. The predicted molar refractivity (Wildman–Crippen MR) is 98.6 cm³/mol. The Hall–Kier alpha value is -2.78. The van der Waals surface area contributed by atoms with E-state index in [0.717, 1.165) is 18.4 Å². The van der Waals surface area contributed by atoms with E-state index < -0.39 is 10.0 Å². The van der Waals surface area contributed by atoms with Gasteiger partial charge in [-0.25, -0.2) is 18.5 Å². The lowest BCUT2D eigenvalue weighted by molar-refractivity contribution is 0.0943. The van der Waals surface area contributed by atoms with E-state index in [1.54, 1.807) is 30.3 Å². The first-order chi connectivity index (χ1) is 12.8. The molecule has 1 aromatic heterocycles. The van der Waals surface area contributed by atoms with Gasteiger partial charge in [0.25, 0.3) is 11.8 Å². The number of sulfonamides is 1. The number of amides is 2. The fourth-order valence-electron chi connectivity index (χ4n) is 2.43. The zero-order chi connectivity index (χ0) is 19.4. The number of hydrogen-bond donors (Lipinski definition) is 3. The minimum Gasteiger partial charge on any atom is -0.350 e. The van der Waals surface area contributed by atoms with Crippen molar-refractivity contribution in [2.45, 2.75) is 30.2 Å². The molecule has 0 unspecified atom stereocenters. The van der Waals surface area contributed by atoms with Gasteiger partial charge in [-0.15, -0.1) is 0 Å². The molecule has 1 aliphatic rings. The molecule has 8 nitrogen and oxygen atoms in total. The zero-order valence-electron chi connectivity index (χ0n) is 14.5. The van der Waals surface area contributed by atoms with Crippen LogP contribution in [0.25, 0.3) is 0 Å². The molecule has 0 aliphatic heterocycles. The van der Waals surface area contributed by atoms with Crippen molar-refractivity contribution in [3.8, 4) is 0 Å². The third-order valence-electron chi connectivity index (χ3n) is 4.08. The van der Waals surface area contributed by atoms with E-state index in [2.05, 4.69) is 15.6 Å². The van der Waals surface area contributed by atoms with Gasteiger partial charge in [-0.05, 0) is 49.1 Å². The molecular weight excluding hydrogens is 368 g/mol. The maximum Gasteiger partial charge on any atom is 0.270 e. The van der Waals surface area contributed by atoms with Crippen LogP contribution in [0, 0.1) is 0 Å². The minimum atomic E-state index is -3.72. The topological polar surface area (TPSA) is 131 Å². The van der Waals surface area contributed by atoms with E-state index in [-0.39, 0.29) is 34.1 Å². The molecule has 0 radical (unpaired) electrons. The van der Waals surface area contributed by atoms with Crippen LogP contribution in [-0.2, 0) is 16.4 Å². The number of carbonyl (C=O) groups excluding carboxylic acids is 2. The molecule has 0 bridgehead atoms. The van der Waals surface area contributed by atoms with Crippen LogP contribution in [0.4, 0.5) is 0 Å². The van der Waals surface area contributed by atoms with Crippen molar-refractivity contribution >= 4 is 21.8 Å². The molecule has 2 amide bonds. The van der Waals surface area contributed by atoms with Crippen molar-refractivity contribution < 1.29 is 18.0 Å². The first-order valence-corrected chi connectivity index (χ1v) is 10.1. The zero-order valence-corrected chi connectivity index (χ0v) is 15.3. The number of pyridine rings is 1. The Morgan fingerprint density at radius 3 is 2.26 bits per heavy atom. The third-order valence-corrected chi connectivity index (χ3v) is 5.01. The lowest BCUT2D eigenvalue weighted by Crippen LogP contribution is -2.29. The molecule has 4 N–H and O–H groups in total. The largest absolute Gasteiger partial charge is 0.350 e. The molecule has 1 saturated carbocycles. The monoisotopic (exact) mass is 388 g/mol. The van der Waals surface area contributed by atoms with Crippen molar-refractivity contribution in [1.82, 2.24) is 15.6 Å². The normalized spacial score (nSPS) is 13.8. The molecular formula is C18H20N4O4S. The van der Waals surface area contributed by atoms with Gasteiger partial charge in [-0.1, -0.05) is 18.2 Å². The highest BCUT2D eigenvalue weighted by Gasteiger charge is 2.24. The van der Waals surface area contributed by atoms with Crippen molar-refractivity contribution in [1.29, 1.82) is 0 Å². The standard InChI is InChI=1S/C18H20N4O4S/c19-27(25,26)14-8-4-12(5-9-14)10-11-20-17(23)15-2-1-3-16(22-15)18(24)21-13-6-7-13/h1-5,8-9,13H,6-7,10-11H2,(H,20,23)(H,21,24)(H2,19,25,26). The fraction of sp³-hybridized carbons (Fsp3) is 0.278. The Labute approximate surface area is 157 Å². The van der Waals surface area contributed by atoms with Crippen LogP contribution in [0.1, 0.15) is 39.4 Å². The van der Waals surface area contributed by atoms with Gasteiger partial charge in [0.2, 0.25) is 10.0 Å². The Morgan fingerprint density at radius 2 is 1.67 bits per heavy atom. The van der Waals surface area contributed by atoms with Crippen LogP contribution in [-0.4, -0.2) is 37.8 Å². The molecule has 1 aliphatic carbocycles. The molecule has 0 saturated heterocycles. The smallest absolute Gasteiger partial charge is 0.270 e. The molecule has 9 heteroatoms. The molecule has 3 rings (SSSR count). The number of primary sulfonamides is 1. The molecule has 142 valence electrons. The molecule has 0 spiro atoms. The first-order valence-electron chi connectivity index (χ1n) is 8.51. The molecule has 1 fully saturated rings. The number of nitrogens with zero attached hydrogens (tertiary/aromatic N) is 1. The Kier molecular flexibility index (Phi) is 5.52. The van der Waals surface area contributed by atoms with Crippen LogP contribution in [0.15, 0.2) is 47.4 Å². The van der Waals surface area contributed by atoms with E-state index in [1.165, 1.54) is 12.1 Å². The van der Waals surface area contributed by atoms with Gasteiger partial charge in [-0.3, -0.25) is 9.59 Å². The van der Waals surface area contributed by atoms with E-state index in [4.69, 9.17) is 5.14 Å². The number of nitrogens with one attached hydrogen (secondary N) is 2. The molecule has 0 atom stereocenters. The van der Waals surface area contributed by atoms with Crippen molar-refractivity contribution in [2.75, 3.05) is 6.54 Å². The van der Waals surface area contributed by atoms with E-state index >= 15 is 0 Å². The number of carbonyl (C=O) groups is 2. The lowest BCUT2D eigenvalue weighted by atomic mass is 10.1. The third kappa shape index (κ3) is 5.35. The second kappa shape index (κ2) is 7.85. The molecule has 27 heavy (non-hydrogen) atoms. The highest BCUT2D eigenvalue weighted by molar-refractivity contribution is 7.89. The number of rotatable bonds is 7. The maximum atomic E-state index is 12.2. The van der Waals surface area contributed by atoms with Crippen molar-refractivity contribution in [2.24, 2.45) is 5.14 Å². The predicted octanol–water partition coefficient (Wildman–Crippen LogP) is 0.594. The van der Waals surface area contributed by atoms with E-state index in [1.807, 2.05) is 0 Å². The van der Waals surface area contributed by atoms with Gasteiger partial charge in [0.1, 0.15) is 11.4 Å². The summed E-state index contributed by atoms with van der Waals surface area (Å²) >= 11 is 0. The molecule has 1 aromatic carbocycles. The summed E-state index contributed by atoms with van der Waals surface area (Å²) in [6.07, 6.45) is 2.46. The van der Waals surface area contributed by atoms with E-state index in [9.17, 15) is 18.0 Å². The van der Waals surface area contributed by atoms with Gasteiger partial charge >= 0.3 is 0 Å². The Balaban J connectivity index is 1.54. The maximum absolute atomic E-state index is 12.2. The van der Waals surface area contributed by atoms with Gasteiger partial charge in [0, 0.05) is 12.6 Å². The van der Waals surface area contributed by atoms with Gasteiger partial charge in [-0.2, -0.15) is 0 Å². The van der Waals surface area contributed by atoms with Crippen LogP contribution >= 0.6 is 0 Å². The second-order valence-electron chi connectivity index (χ2n) is 6.35. The summed E-state index contributed by atoms with van der Waals surface area (Å²) in [6.45, 7) is 0.341. The van der Waals surface area contributed by atoms with Crippen molar-refractivity contribution in [3.05, 3.63) is 59.4 Å². The average molecular weight is 388 g/mol. The van der Waals surface area contributed by atoms with Crippen LogP contribution < -0.4 is 15.8 Å². The Bertz CT molecular complexity index is 954. The summed E-state index contributed by atoms with van der Waals surface area (Å²) in [5.74, 6) is -0.653. The van der Waals surface area contributed by atoms with Gasteiger partial charge in [0.05, 0.1) is 4.90 Å². The van der Waals surface area contributed by atoms with Gasteiger partial charge < -0.3 is 10.6 Å². The van der Waals surface area contributed by atoms with Crippen LogP contribution in [0.2, 0.25) is 0 Å². The lowest BCUT2D eigenvalue weighted by Gasteiger charge is -2.07. The quantitative estimate of drug-likeness (QED) is 0.639. The second-order valence-corrected chi connectivity index (χ2v) is 7.91. The molecule has 1 heterocycles. The average Bonchev–Trinajstić information content (AvgIpc) is 3.45. The summed E-state index contributed by atoms with van der Waals surface area (Å²) in [7, 11) is -3.72. The SMILES string of the molecule is NS(=O)(=O)c1ccc(CCNC(=O)c2cccc(C(=O)NC3CC3)n2)cc1. The number of aromatic nitrogens is 1. The van der Waals surface area contributed by atoms with Gasteiger partial charge in [0.15, 0.2) is 0 Å². The van der Waals surface area contributed by atoms with E-state index in [0.29, 0.717) is 13.0 Å². The summed E-state index contributed by atoms with van der Waals surface area (Å²) in [5, 5.41) is 10.6. The summed E-state index contributed by atoms with van der Waals surface area (Å²) < 4.78 is 22.5. The fourth-order valence-corrected chi connectivity index (χ4v) is 2.95. The van der Waals surface area contributed by atoms with Crippen molar-refractivity contribution in [3.63, 3.8) is 0 Å².